The molecule has 1 fully saturated rings. The summed E-state index contributed by atoms with van der Waals surface area (Å²) in [5, 5.41) is 11.9. The fourth-order valence-corrected chi connectivity index (χ4v) is 3.23. The van der Waals surface area contributed by atoms with Crippen LogP contribution in [0.4, 0.5) is 5.69 Å². The smallest absolute Gasteiger partial charge is 0.253 e. The molecule has 3 rings (SSSR count). The minimum atomic E-state index is -0.518. The van der Waals surface area contributed by atoms with Gasteiger partial charge in [0.2, 0.25) is 5.91 Å². The average Bonchev–Trinajstić information content (AvgIpc) is 2.91. The number of carbonyl (C=O) groups is 2. The third kappa shape index (κ3) is 2.19. The van der Waals surface area contributed by atoms with Gasteiger partial charge in [0.1, 0.15) is 0 Å². The van der Waals surface area contributed by atoms with Crippen LogP contribution in [0.2, 0.25) is 0 Å². The number of hydrogen-bond donors (Lipinski definition) is 1. The summed E-state index contributed by atoms with van der Waals surface area (Å²) < 4.78 is 0. The molecule has 0 radical (unpaired) electrons. The van der Waals surface area contributed by atoms with Gasteiger partial charge < -0.3 is 15.1 Å². The summed E-state index contributed by atoms with van der Waals surface area (Å²) in [6.45, 7) is 1.09. The van der Waals surface area contributed by atoms with Gasteiger partial charge in [0.15, 0.2) is 6.19 Å². The van der Waals surface area contributed by atoms with Crippen LogP contribution in [0.3, 0.4) is 0 Å². The molecule has 22 heavy (non-hydrogen) atoms. The summed E-state index contributed by atoms with van der Waals surface area (Å²) in [5.41, 5.74) is 1.77. The van der Waals surface area contributed by atoms with E-state index in [4.69, 9.17) is 5.26 Å². The van der Waals surface area contributed by atoms with Crippen LogP contribution in [-0.2, 0) is 11.2 Å². The van der Waals surface area contributed by atoms with Crippen LogP contribution < -0.4 is 5.32 Å². The van der Waals surface area contributed by atoms with Crippen LogP contribution in [0.15, 0.2) is 18.2 Å². The largest absolute Gasteiger partial charge is 0.345 e. The summed E-state index contributed by atoms with van der Waals surface area (Å²) >= 11 is 0. The number of hydrogen-bond acceptors (Lipinski definition) is 4. The third-order valence-electron chi connectivity index (χ3n) is 4.52. The molecule has 0 saturated carbocycles. The fourth-order valence-electron chi connectivity index (χ4n) is 3.23. The van der Waals surface area contributed by atoms with E-state index in [1.54, 1.807) is 31.1 Å². The van der Waals surface area contributed by atoms with Gasteiger partial charge in [-0.2, -0.15) is 5.26 Å². The first-order valence-electron chi connectivity index (χ1n) is 7.26. The Hall–Kier alpha value is -2.55. The summed E-state index contributed by atoms with van der Waals surface area (Å²) in [5.74, 6) is -0.138. The Morgan fingerprint density at radius 1 is 1.45 bits per heavy atom. The average molecular weight is 298 g/mol. The van der Waals surface area contributed by atoms with E-state index in [0.29, 0.717) is 37.2 Å². The molecular weight excluding hydrogens is 280 g/mol. The van der Waals surface area contributed by atoms with Crippen molar-refractivity contribution in [2.24, 2.45) is 5.41 Å². The molecule has 6 heteroatoms. The molecule has 1 spiro atoms. The molecule has 1 saturated heterocycles. The number of carbonyl (C=O) groups excluding carboxylic acids is 2. The van der Waals surface area contributed by atoms with Crippen LogP contribution in [0.1, 0.15) is 22.3 Å². The molecule has 2 aliphatic rings. The lowest BCUT2D eigenvalue weighted by atomic mass is 9.77. The molecule has 1 aromatic carbocycles. The monoisotopic (exact) mass is 298 g/mol. The second-order valence-corrected chi connectivity index (χ2v) is 6.25. The first-order chi connectivity index (χ1) is 10.4. The van der Waals surface area contributed by atoms with Crippen LogP contribution in [0, 0.1) is 16.9 Å². The maximum absolute atomic E-state index is 12.5. The van der Waals surface area contributed by atoms with E-state index in [1.807, 2.05) is 6.07 Å². The van der Waals surface area contributed by atoms with Crippen molar-refractivity contribution in [1.29, 1.82) is 5.26 Å². The van der Waals surface area contributed by atoms with Crippen molar-refractivity contribution in [3.63, 3.8) is 0 Å². The van der Waals surface area contributed by atoms with Crippen molar-refractivity contribution >= 4 is 17.5 Å². The van der Waals surface area contributed by atoms with Gasteiger partial charge in [-0.15, -0.1) is 0 Å². The fraction of sp³-hybridized carbons (Fsp3) is 0.438. The van der Waals surface area contributed by atoms with Crippen LogP contribution >= 0.6 is 0 Å². The highest BCUT2D eigenvalue weighted by atomic mass is 16.2. The van der Waals surface area contributed by atoms with Gasteiger partial charge >= 0.3 is 0 Å². The highest BCUT2D eigenvalue weighted by Gasteiger charge is 2.47. The Bertz CT molecular complexity index is 692. The SMILES string of the molecule is CN(C)C(=O)c1ccc2c(c1)NC(=O)C1(CCN(C#N)C1)C2. The number of likely N-dealkylation sites (tertiary alicyclic amines) is 1. The lowest BCUT2D eigenvalue weighted by Gasteiger charge is -2.33. The molecule has 6 nitrogen and oxygen atoms in total. The molecule has 0 bridgehead atoms. The number of benzene rings is 1. The van der Waals surface area contributed by atoms with Gasteiger partial charge in [-0.25, -0.2) is 0 Å². The Balaban J connectivity index is 1.90. The molecule has 1 N–H and O–H groups in total. The quantitative estimate of drug-likeness (QED) is 0.786. The van der Waals surface area contributed by atoms with Crippen molar-refractivity contribution in [2.45, 2.75) is 12.8 Å². The van der Waals surface area contributed by atoms with Gasteiger partial charge in [0.05, 0.1) is 5.41 Å². The predicted molar refractivity (Wildman–Crippen MR) is 81.0 cm³/mol. The molecule has 0 aromatic heterocycles. The Kier molecular flexibility index (Phi) is 3.28. The third-order valence-corrected chi connectivity index (χ3v) is 4.52. The van der Waals surface area contributed by atoms with Gasteiger partial charge in [-0.1, -0.05) is 6.07 Å². The van der Waals surface area contributed by atoms with Gasteiger partial charge in [0, 0.05) is 38.4 Å². The maximum atomic E-state index is 12.5. The second kappa shape index (κ2) is 5.02. The molecule has 1 aromatic rings. The minimum absolute atomic E-state index is 0.0489. The van der Waals surface area contributed by atoms with E-state index < -0.39 is 5.41 Å². The van der Waals surface area contributed by atoms with E-state index >= 15 is 0 Å². The highest BCUT2D eigenvalue weighted by molar-refractivity contribution is 6.01. The van der Waals surface area contributed by atoms with E-state index in [0.717, 1.165) is 5.56 Å². The van der Waals surface area contributed by atoms with Crippen LogP contribution in [0.5, 0.6) is 0 Å². The first kappa shape index (κ1) is 14.4. The zero-order chi connectivity index (χ0) is 15.9. The lowest BCUT2D eigenvalue weighted by Crippen LogP contribution is -2.43. The van der Waals surface area contributed by atoms with E-state index in [1.165, 1.54) is 4.90 Å². The van der Waals surface area contributed by atoms with Crippen molar-refractivity contribution in [3.05, 3.63) is 29.3 Å². The molecule has 2 aliphatic heterocycles. The standard InChI is InChI=1S/C16H18N4O2/c1-19(2)14(21)11-3-4-12-8-16(5-6-20(9-16)10-17)15(22)18-13(12)7-11/h3-4,7H,5-6,8-9H2,1-2H3,(H,18,22). The highest BCUT2D eigenvalue weighted by Crippen LogP contribution is 2.40. The molecule has 114 valence electrons. The zero-order valence-electron chi connectivity index (χ0n) is 12.7. The minimum Gasteiger partial charge on any atom is -0.345 e. The molecule has 1 unspecified atom stereocenters. The van der Waals surface area contributed by atoms with Crippen LogP contribution in [-0.4, -0.2) is 48.8 Å². The molecule has 2 heterocycles. The topological polar surface area (TPSA) is 76.4 Å². The van der Waals surface area contributed by atoms with E-state index in [2.05, 4.69) is 11.5 Å². The molecule has 0 aliphatic carbocycles. The summed E-state index contributed by atoms with van der Waals surface area (Å²) in [4.78, 5) is 27.7. The van der Waals surface area contributed by atoms with Crippen molar-refractivity contribution in [1.82, 2.24) is 9.80 Å². The second-order valence-electron chi connectivity index (χ2n) is 6.25. The first-order valence-corrected chi connectivity index (χ1v) is 7.26. The number of fused-ring (bicyclic) bond motifs is 1. The van der Waals surface area contributed by atoms with Crippen LogP contribution in [0.25, 0.3) is 0 Å². The van der Waals surface area contributed by atoms with Gasteiger partial charge in [-0.3, -0.25) is 9.59 Å². The predicted octanol–water partition coefficient (Wildman–Crippen LogP) is 1.06. The van der Waals surface area contributed by atoms with Crippen molar-refractivity contribution in [3.8, 4) is 6.19 Å². The zero-order valence-corrected chi connectivity index (χ0v) is 12.7. The molecular formula is C16H18N4O2. The number of amides is 2. The Morgan fingerprint density at radius 2 is 2.23 bits per heavy atom. The summed E-state index contributed by atoms with van der Waals surface area (Å²) in [7, 11) is 3.40. The number of nitrogens with one attached hydrogen (secondary N) is 1. The number of nitrogens with zero attached hydrogens (tertiary/aromatic N) is 3. The van der Waals surface area contributed by atoms with Gasteiger partial charge in [-0.05, 0) is 30.5 Å². The van der Waals surface area contributed by atoms with Crippen molar-refractivity contribution < 1.29 is 9.59 Å². The summed E-state index contributed by atoms with van der Waals surface area (Å²) in [6.07, 6.45) is 3.42. The molecule has 1 atom stereocenters. The number of nitriles is 1. The van der Waals surface area contributed by atoms with E-state index in [9.17, 15) is 9.59 Å². The Labute approximate surface area is 129 Å². The summed E-state index contributed by atoms with van der Waals surface area (Å²) in [6, 6.07) is 5.44. The van der Waals surface area contributed by atoms with E-state index in [-0.39, 0.29) is 11.8 Å². The van der Waals surface area contributed by atoms with Crippen molar-refractivity contribution in [2.75, 3.05) is 32.5 Å². The molecule has 2 amide bonds. The number of rotatable bonds is 1. The maximum Gasteiger partial charge on any atom is 0.253 e. The number of anilines is 1. The lowest BCUT2D eigenvalue weighted by molar-refractivity contribution is -0.125. The normalized spacial score (nSPS) is 23.0. The Morgan fingerprint density at radius 3 is 2.86 bits per heavy atom. The van der Waals surface area contributed by atoms with Gasteiger partial charge in [0.25, 0.3) is 5.91 Å².